The van der Waals surface area contributed by atoms with Crippen LogP contribution in [0, 0.1) is 23.7 Å². The van der Waals surface area contributed by atoms with Crippen LogP contribution in [0.1, 0.15) is 130 Å². The molecular weight excluding hydrogens is 392 g/mol. The summed E-state index contributed by atoms with van der Waals surface area (Å²) in [5.74, 6) is 3.12. The minimum atomic E-state index is 0.503. The molecule has 0 aromatic rings. The van der Waals surface area contributed by atoms with Crippen LogP contribution in [0.2, 0.25) is 0 Å². The average Bonchev–Trinajstić information content (AvgIpc) is 2.78. The van der Waals surface area contributed by atoms with Crippen molar-refractivity contribution in [2.45, 2.75) is 155 Å². The molecular formula is C28H60N4. The minimum absolute atomic E-state index is 0.503. The molecule has 0 radical (unpaired) electrons. The second-order valence-corrected chi connectivity index (χ2v) is 11.7. The van der Waals surface area contributed by atoms with Crippen molar-refractivity contribution in [3.05, 3.63) is 0 Å². The monoisotopic (exact) mass is 452 g/mol. The van der Waals surface area contributed by atoms with Crippen molar-refractivity contribution in [1.29, 1.82) is 0 Å². The van der Waals surface area contributed by atoms with Gasteiger partial charge in [0.2, 0.25) is 0 Å². The van der Waals surface area contributed by atoms with E-state index in [0.29, 0.717) is 24.2 Å². The maximum Gasteiger partial charge on any atom is 0.00645 e. The summed E-state index contributed by atoms with van der Waals surface area (Å²) in [6, 6.07) is 2.01. The molecule has 0 amide bonds. The molecule has 4 aliphatic rings. The van der Waals surface area contributed by atoms with Gasteiger partial charge in [-0.2, -0.15) is 0 Å². The highest BCUT2D eigenvalue weighted by Gasteiger charge is 2.18. The first-order valence-corrected chi connectivity index (χ1v) is 14.2. The highest BCUT2D eigenvalue weighted by Crippen LogP contribution is 2.23. The van der Waals surface area contributed by atoms with Crippen LogP contribution in [0.5, 0.6) is 0 Å². The number of hydrogen-bond donors (Lipinski definition) is 4. The molecule has 0 heterocycles. The van der Waals surface area contributed by atoms with Gasteiger partial charge in [-0.1, -0.05) is 79.1 Å². The summed E-state index contributed by atoms with van der Waals surface area (Å²) in [4.78, 5) is 0. The smallest absolute Gasteiger partial charge is 0.00645 e. The summed E-state index contributed by atoms with van der Waals surface area (Å²) in [6.07, 6.45) is 21.4. The van der Waals surface area contributed by atoms with E-state index in [1.807, 2.05) is 0 Å². The van der Waals surface area contributed by atoms with Crippen LogP contribution in [0.15, 0.2) is 0 Å². The van der Waals surface area contributed by atoms with Crippen LogP contribution in [-0.4, -0.2) is 24.2 Å². The third kappa shape index (κ3) is 12.9. The molecule has 0 aromatic heterocycles. The van der Waals surface area contributed by atoms with Gasteiger partial charge in [-0.05, 0) is 75.0 Å². The van der Waals surface area contributed by atoms with Gasteiger partial charge in [0.25, 0.3) is 0 Å². The summed E-state index contributed by atoms with van der Waals surface area (Å²) < 4.78 is 0. The minimum Gasteiger partial charge on any atom is -0.327 e. The maximum atomic E-state index is 5.78. The summed E-state index contributed by atoms with van der Waals surface area (Å²) in [7, 11) is 0. The van der Waals surface area contributed by atoms with Crippen molar-refractivity contribution >= 4 is 0 Å². The van der Waals surface area contributed by atoms with Gasteiger partial charge in [0.1, 0.15) is 0 Å². The second kappa shape index (κ2) is 17.3. The zero-order valence-electron chi connectivity index (χ0n) is 22.2. The zero-order valence-corrected chi connectivity index (χ0v) is 22.2. The Morgan fingerprint density at radius 3 is 0.562 bits per heavy atom. The molecule has 4 heteroatoms. The SMILES string of the molecule is C[C@@H]1CCCC[C@@H]1N.C[C@@H]1CCCC[C@H]1N.C[C@H]1CCCC[C@@H]1N.C[C@H]1CCCC[C@H]1N. The molecule has 0 aliphatic heterocycles. The van der Waals surface area contributed by atoms with E-state index in [9.17, 15) is 0 Å². The largest absolute Gasteiger partial charge is 0.327 e. The van der Waals surface area contributed by atoms with Crippen LogP contribution in [0.3, 0.4) is 0 Å². The van der Waals surface area contributed by atoms with Crippen LogP contribution in [0.25, 0.3) is 0 Å². The normalized spacial score (nSPS) is 39.8. The Hall–Kier alpha value is -0.160. The molecule has 4 fully saturated rings. The van der Waals surface area contributed by atoms with Gasteiger partial charge in [0.15, 0.2) is 0 Å². The van der Waals surface area contributed by atoms with E-state index < -0.39 is 0 Å². The van der Waals surface area contributed by atoms with Crippen LogP contribution >= 0.6 is 0 Å². The lowest BCUT2D eigenvalue weighted by molar-refractivity contribution is 0.331. The van der Waals surface area contributed by atoms with E-state index in [4.69, 9.17) is 22.9 Å². The lowest BCUT2D eigenvalue weighted by Crippen LogP contribution is -2.30. The molecule has 0 unspecified atom stereocenters. The Bertz CT molecular complexity index is 323. The predicted octanol–water partition coefficient (Wildman–Crippen LogP) is 6.10. The Labute approximate surface area is 201 Å². The van der Waals surface area contributed by atoms with Crippen molar-refractivity contribution in [3.63, 3.8) is 0 Å². The fraction of sp³-hybridized carbons (Fsp3) is 1.00. The number of nitrogens with two attached hydrogens (primary N) is 4. The lowest BCUT2D eigenvalue weighted by Gasteiger charge is -2.24. The first-order valence-electron chi connectivity index (χ1n) is 14.2. The highest BCUT2D eigenvalue weighted by atomic mass is 14.7. The quantitative estimate of drug-likeness (QED) is 0.356. The molecule has 8 atom stereocenters. The molecule has 32 heavy (non-hydrogen) atoms. The third-order valence-corrected chi connectivity index (χ3v) is 8.71. The third-order valence-electron chi connectivity index (χ3n) is 8.71. The van der Waals surface area contributed by atoms with Crippen molar-refractivity contribution in [1.82, 2.24) is 0 Å². The van der Waals surface area contributed by atoms with E-state index >= 15 is 0 Å². The van der Waals surface area contributed by atoms with Gasteiger partial charge >= 0.3 is 0 Å². The van der Waals surface area contributed by atoms with E-state index in [-0.39, 0.29) is 0 Å². The number of rotatable bonds is 0. The Kier molecular flexibility index (Phi) is 16.2. The first kappa shape index (κ1) is 29.9. The molecule has 8 N–H and O–H groups in total. The van der Waals surface area contributed by atoms with Crippen molar-refractivity contribution in [2.75, 3.05) is 0 Å². The van der Waals surface area contributed by atoms with Crippen LogP contribution < -0.4 is 22.9 Å². The van der Waals surface area contributed by atoms with Crippen LogP contribution in [-0.2, 0) is 0 Å². The summed E-state index contributed by atoms with van der Waals surface area (Å²) in [5, 5.41) is 0. The van der Waals surface area contributed by atoms with Crippen molar-refractivity contribution in [2.24, 2.45) is 46.6 Å². The van der Waals surface area contributed by atoms with Crippen molar-refractivity contribution in [3.8, 4) is 0 Å². The van der Waals surface area contributed by atoms with Gasteiger partial charge in [-0.3, -0.25) is 0 Å². The van der Waals surface area contributed by atoms with E-state index in [1.54, 1.807) is 0 Å². The highest BCUT2D eigenvalue weighted by molar-refractivity contribution is 4.75. The van der Waals surface area contributed by atoms with E-state index in [2.05, 4.69) is 27.7 Å². The van der Waals surface area contributed by atoms with Gasteiger partial charge in [-0.15, -0.1) is 0 Å². The molecule has 4 saturated carbocycles. The van der Waals surface area contributed by atoms with E-state index in [1.165, 1.54) is 103 Å². The van der Waals surface area contributed by atoms with Gasteiger partial charge in [0, 0.05) is 24.2 Å². The molecule has 192 valence electrons. The molecule has 0 aromatic carbocycles. The fourth-order valence-electron chi connectivity index (χ4n) is 5.38. The average molecular weight is 453 g/mol. The lowest BCUT2D eigenvalue weighted by atomic mass is 9.87. The maximum absolute atomic E-state index is 5.78. The summed E-state index contributed by atoms with van der Waals surface area (Å²) in [6.45, 7) is 9.02. The molecule has 4 nitrogen and oxygen atoms in total. The first-order chi connectivity index (χ1) is 15.2. The molecule has 0 bridgehead atoms. The molecule has 4 rings (SSSR count). The van der Waals surface area contributed by atoms with Crippen LogP contribution in [0.4, 0.5) is 0 Å². The van der Waals surface area contributed by atoms with Gasteiger partial charge < -0.3 is 22.9 Å². The Morgan fingerprint density at radius 2 is 0.469 bits per heavy atom. The summed E-state index contributed by atoms with van der Waals surface area (Å²) in [5.41, 5.74) is 23.1. The standard InChI is InChI=1S/4C7H15N/c4*1-6-4-2-3-5-7(6)8/h4*6-7H,2-5,8H2,1H3/t2*6-,7+;2*6-,7-/m1010/s1. The predicted molar refractivity (Wildman–Crippen MR) is 142 cm³/mol. The molecule has 4 aliphatic carbocycles. The summed E-state index contributed by atoms with van der Waals surface area (Å²) >= 11 is 0. The topological polar surface area (TPSA) is 104 Å². The van der Waals surface area contributed by atoms with Gasteiger partial charge in [-0.25, -0.2) is 0 Å². The second-order valence-electron chi connectivity index (χ2n) is 11.7. The van der Waals surface area contributed by atoms with Crippen molar-refractivity contribution < 1.29 is 0 Å². The van der Waals surface area contributed by atoms with Gasteiger partial charge in [0.05, 0.1) is 0 Å². The number of hydrogen-bond acceptors (Lipinski definition) is 4. The Morgan fingerprint density at radius 1 is 0.312 bits per heavy atom. The fourth-order valence-corrected chi connectivity index (χ4v) is 5.38. The molecule has 0 saturated heterocycles. The molecule has 0 spiro atoms. The Balaban J connectivity index is 0.000000213. The zero-order chi connectivity index (χ0) is 23.9. The van der Waals surface area contributed by atoms with E-state index in [0.717, 1.165) is 23.7 Å².